The molecule has 124 valence electrons. The SMILES string of the molecule is CCc1[nH]c(Nc2nc(-c3ccccc3)nc3ccccc23)cc1C. The van der Waals surface area contributed by atoms with E-state index in [4.69, 9.17) is 9.97 Å². The Labute approximate surface area is 147 Å². The fourth-order valence-corrected chi connectivity index (χ4v) is 3.05. The van der Waals surface area contributed by atoms with Crippen LogP contribution in [-0.2, 0) is 6.42 Å². The number of nitrogens with one attached hydrogen (secondary N) is 2. The van der Waals surface area contributed by atoms with E-state index in [-0.39, 0.29) is 0 Å². The summed E-state index contributed by atoms with van der Waals surface area (Å²) in [6, 6.07) is 20.3. The first kappa shape index (κ1) is 15.4. The van der Waals surface area contributed by atoms with Crippen molar-refractivity contribution < 1.29 is 0 Å². The van der Waals surface area contributed by atoms with E-state index in [1.165, 1.54) is 11.3 Å². The van der Waals surface area contributed by atoms with Crippen LogP contribution in [-0.4, -0.2) is 15.0 Å². The standard InChI is InChI=1S/C21H20N4/c1-3-17-14(2)13-19(22-17)24-21-16-11-7-8-12-18(16)23-20(25-21)15-9-5-4-6-10-15/h4-13,22H,3H2,1-2H3,(H,23,24,25). The summed E-state index contributed by atoms with van der Waals surface area (Å²) in [5.41, 5.74) is 4.43. The van der Waals surface area contributed by atoms with Crippen LogP contribution in [0.4, 0.5) is 11.6 Å². The average molecular weight is 328 g/mol. The van der Waals surface area contributed by atoms with Gasteiger partial charge in [0, 0.05) is 16.6 Å². The molecule has 0 saturated carbocycles. The van der Waals surface area contributed by atoms with E-state index in [2.05, 4.69) is 30.2 Å². The summed E-state index contributed by atoms with van der Waals surface area (Å²) in [6.07, 6.45) is 0.979. The number of aromatic amines is 1. The van der Waals surface area contributed by atoms with Crippen LogP contribution in [0.2, 0.25) is 0 Å². The fraction of sp³-hybridized carbons (Fsp3) is 0.143. The molecule has 2 heterocycles. The van der Waals surface area contributed by atoms with Gasteiger partial charge in [-0.25, -0.2) is 9.97 Å². The number of aromatic nitrogens is 3. The molecule has 4 nitrogen and oxygen atoms in total. The Morgan fingerprint density at radius 2 is 1.72 bits per heavy atom. The third-order valence-corrected chi connectivity index (χ3v) is 4.36. The highest BCUT2D eigenvalue weighted by Gasteiger charge is 2.11. The van der Waals surface area contributed by atoms with Crippen molar-refractivity contribution in [2.75, 3.05) is 5.32 Å². The lowest BCUT2D eigenvalue weighted by Gasteiger charge is -2.10. The predicted molar refractivity (Wildman–Crippen MR) is 103 cm³/mol. The van der Waals surface area contributed by atoms with E-state index in [1.807, 2.05) is 54.6 Å². The minimum atomic E-state index is 0.723. The topological polar surface area (TPSA) is 53.6 Å². The maximum absolute atomic E-state index is 4.79. The molecule has 0 fully saturated rings. The molecule has 0 aliphatic heterocycles. The molecule has 4 heteroatoms. The number of para-hydroxylation sites is 1. The summed E-state index contributed by atoms with van der Waals surface area (Å²) in [7, 11) is 0. The molecule has 4 aromatic rings. The highest BCUT2D eigenvalue weighted by atomic mass is 15.1. The van der Waals surface area contributed by atoms with Gasteiger partial charge < -0.3 is 10.3 Å². The zero-order valence-electron chi connectivity index (χ0n) is 14.4. The van der Waals surface area contributed by atoms with Crippen molar-refractivity contribution in [3.8, 4) is 11.4 Å². The molecule has 0 spiro atoms. The molecule has 2 aromatic heterocycles. The molecule has 0 radical (unpaired) electrons. The minimum absolute atomic E-state index is 0.723. The smallest absolute Gasteiger partial charge is 0.162 e. The number of rotatable bonds is 4. The van der Waals surface area contributed by atoms with Crippen molar-refractivity contribution in [3.05, 3.63) is 71.9 Å². The zero-order chi connectivity index (χ0) is 17.2. The van der Waals surface area contributed by atoms with E-state index in [9.17, 15) is 0 Å². The maximum atomic E-state index is 4.79. The zero-order valence-corrected chi connectivity index (χ0v) is 14.4. The monoisotopic (exact) mass is 328 g/mol. The number of hydrogen-bond donors (Lipinski definition) is 2. The largest absolute Gasteiger partial charge is 0.345 e. The highest BCUT2D eigenvalue weighted by Crippen LogP contribution is 2.27. The first-order chi connectivity index (χ1) is 12.2. The lowest BCUT2D eigenvalue weighted by molar-refractivity contribution is 1.04. The van der Waals surface area contributed by atoms with Gasteiger partial charge in [0.25, 0.3) is 0 Å². The number of H-pyrrole nitrogens is 1. The highest BCUT2D eigenvalue weighted by molar-refractivity contribution is 5.92. The second-order valence-corrected chi connectivity index (χ2v) is 6.10. The predicted octanol–water partition coefficient (Wildman–Crippen LogP) is 5.24. The Hall–Kier alpha value is -3.14. The molecule has 4 rings (SSSR count). The molecule has 25 heavy (non-hydrogen) atoms. The van der Waals surface area contributed by atoms with Gasteiger partial charge in [-0.3, -0.25) is 0 Å². The molecule has 0 atom stereocenters. The van der Waals surface area contributed by atoms with Crippen molar-refractivity contribution >= 4 is 22.5 Å². The van der Waals surface area contributed by atoms with Gasteiger partial charge in [0.2, 0.25) is 0 Å². The van der Waals surface area contributed by atoms with Crippen LogP contribution in [0.3, 0.4) is 0 Å². The molecule has 0 saturated heterocycles. The molecule has 0 bridgehead atoms. The molecule has 0 amide bonds. The van der Waals surface area contributed by atoms with Crippen LogP contribution >= 0.6 is 0 Å². The van der Waals surface area contributed by atoms with Crippen LogP contribution in [0.15, 0.2) is 60.7 Å². The van der Waals surface area contributed by atoms with E-state index in [1.54, 1.807) is 0 Å². The molecule has 0 aliphatic rings. The van der Waals surface area contributed by atoms with Gasteiger partial charge in [-0.2, -0.15) is 0 Å². The number of fused-ring (bicyclic) bond motifs is 1. The van der Waals surface area contributed by atoms with Gasteiger partial charge in [0.1, 0.15) is 11.6 Å². The van der Waals surface area contributed by atoms with E-state index < -0.39 is 0 Å². The number of benzene rings is 2. The van der Waals surface area contributed by atoms with Gasteiger partial charge in [-0.1, -0.05) is 49.4 Å². The molecule has 2 aromatic carbocycles. The first-order valence-electron chi connectivity index (χ1n) is 8.52. The van der Waals surface area contributed by atoms with E-state index in [0.717, 1.165) is 40.3 Å². The van der Waals surface area contributed by atoms with Crippen LogP contribution in [0, 0.1) is 6.92 Å². The quantitative estimate of drug-likeness (QED) is 0.538. The lowest BCUT2D eigenvalue weighted by atomic mass is 10.2. The van der Waals surface area contributed by atoms with Crippen molar-refractivity contribution in [2.45, 2.75) is 20.3 Å². The van der Waals surface area contributed by atoms with Crippen molar-refractivity contribution in [2.24, 2.45) is 0 Å². The summed E-state index contributed by atoms with van der Waals surface area (Å²) in [4.78, 5) is 12.9. The third kappa shape index (κ3) is 2.98. The Morgan fingerprint density at radius 3 is 2.48 bits per heavy atom. The first-order valence-corrected chi connectivity index (χ1v) is 8.52. The Morgan fingerprint density at radius 1 is 0.960 bits per heavy atom. The minimum Gasteiger partial charge on any atom is -0.345 e. The van der Waals surface area contributed by atoms with Crippen LogP contribution < -0.4 is 5.32 Å². The number of aryl methyl sites for hydroxylation is 2. The van der Waals surface area contributed by atoms with Gasteiger partial charge in [0.05, 0.1) is 5.52 Å². The van der Waals surface area contributed by atoms with Gasteiger partial charge >= 0.3 is 0 Å². The lowest BCUT2D eigenvalue weighted by Crippen LogP contribution is -1.99. The Kier molecular flexibility index (Phi) is 3.94. The summed E-state index contributed by atoms with van der Waals surface area (Å²) in [5, 5.41) is 4.45. The number of hydrogen-bond acceptors (Lipinski definition) is 3. The van der Waals surface area contributed by atoms with E-state index in [0.29, 0.717) is 0 Å². The summed E-state index contributed by atoms with van der Waals surface area (Å²) in [6.45, 7) is 4.27. The van der Waals surface area contributed by atoms with E-state index >= 15 is 0 Å². The van der Waals surface area contributed by atoms with Gasteiger partial charge in [-0.05, 0) is 37.1 Å². The summed E-state index contributed by atoms with van der Waals surface area (Å²) >= 11 is 0. The average Bonchev–Trinajstić information content (AvgIpc) is 3.01. The van der Waals surface area contributed by atoms with Crippen molar-refractivity contribution in [1.29, 1.82) is 0 Å². The summed E-state index contributed by atoms with van der Waals surface area (Å²) < 4.78 is 0. The molecule has 0 aliphatic carbocycles. The second kappa shape index (κ2) is 6.40. The summed E-state index contributed by atoms with van der Waals surface area (Å²) in [5.74, 6) is 2.49. The normalized spacial score (nSPS) is 11.0. The molecular weight excluding hydrogens is 308 g/mol. The fourth-order valence-electron chi connectivity index (χ4n) is 3.05. The number of nitrogens with zero attached hydrogens (tertiary/aromatic N) is 2. The Bertz CT molecular complexity index is 1020. The van der Waals surface area contributed by atoms with Crippen LogP contribution in [0.25, 0.3) is 22.3 Å². The van der Waals surface area contributed by atoms with Crippen molar-refractivity contribution in [3.63, 3.8) is 0 Å². The maximum Gasteiger partial charge on any atom is 0.162 e. The van der Waals surface area contributed by atoms with Crippen LogP contribution in [0.1, 0.15) is 18.2 Å². The van der Waals surface area contributed by atoms with Crippen LogP contribution in [0.5, 0.6) is 0 Å². The van der Waals surface area contributed by atoms with Crippen molar-refractivity contribution in [1.82, 2.24) is 15.0 Å². The molecule has 2 N–H and O–H groups in total. The third-order valence-electron chi connectivity index (χ3n) is 4.36. The molecular formula is C21H20N4. The molecule has 0 unspecified atom stereocenters. The van der Waals surface area contributed by atoms with Gasteiger partial charge in [-0.15, -0.1) is 0 Å². The second-order valence-electron chi connectivity index (χ2n) is 6.10. The Balaban J connectivity index is 1.83. The number of anilines is 2. The van der Waals surface area contributed by atoms with Gasteiger partial charge in [0.15, 0.2) is 5.82 Å².